The number of aliphatic carboxylic acids is 2. The van der Waals surface area contributed by atoms with Gasteiger partial charge in [-0.15, -0.1) is 0 Å². The Morgan fingerprint density at radius 3 is 2.59 bits per heavy atom. The van der Waals surface area contributed by atoms with Crippen LogP contribution in [-0.2, 0) is 14.4 Å². The summed E-state index contributed by atoms with van der Waals surface area (Å²) < 4.78 is 0. The fraction of sp³-hybridized carbons (Fsp3) is 0.300. The summed E-state index contributed by atoms with van der Waals surface area (Å²) in [6.45, 7) is 0.544. The Bertz CT molecular complexity index is 1150. The van der Waals surface area contributed by atoms with Crippen LogP contribution >= 0.6 is 0 Å². The summed E-state index contributed by atoms with van der Waals surface area (Å²) in [6.07, 6.45) is -0.0671. The summed E-state index contributed by atoms with van der Waals surface area (Å²) in [5.74, 6) is -2.91. The molecule has 2 aromatic rings. The number of rotatable bonds is 10. The van der Waals surface area contributed by atoms with Crippen molar-refractivity contribution in [3.05, 3.63) is 40.2 Å². The molecule has 1 aliphatic heterocycles. The first-order chi connectivity index (χ1) is 16.2. The van der Waals surface area contributed by atoms with Gasteiger partial charge in [-0.1, -0.05) is 0 Å². The zero-order valence-electron chi connectivity index (χ0n) is 17.8. The van der Waals surface area contributed by atoms with Crippen LogP contribution in [0.5, 0.6) is 0 Å². The lowest BCUT2D eigenvalue weighted by molar-refractivity contribution is -0.140. The van der Waals surface area contributed by atoms with Crippen molar-refractivity contribution in [2.45, 2.75) is 24.9 Å². The van der Waals surface area contributed by atoms with E-state index in [1.54, 1.807) is 0 Å². The molecule has 34 heavy (non-hydrogen) atoms. The standard InChI is InChI=1S/C20H23N7O7/c21-20-25-16-15(18(32)26-20)23-11(7-22-16)8-27(9-28)12-3-1-10(2-4-12)17(31)24-13(19(33)34)5-6-14(29)30/h1-4,9,11,13,23H,5-8H2,(H,24,31)(H,29,30)(H,33,34)(H4,21,22,25,26,32)/t11-,13?/m0/s1. The van der Waals surface area contributed by atoms with Crippen molar-refractivity contribution in [2.75, 3.05) is 34.4 Å². The molecular formula is C20H23N7O7. The molecule has 2 atom stereocenters. The van der Waals surface area contributed by atoms with Crippen LogP contribution in [0.1, 0.15) is 23.2 Å². The Labute approximate surface area is 192 Å². The van der Waals surface area contributed by atoms with Crippen molar-refractivity contribution < 1.29 is 29.4 Å². The fourth-order valence-electron chi connectivity index (χ4n) is 3.36. The number of benzene rings is 1. The highest BCUT2D eigenvalue weighted by Crippen LogP contribution is 2.21. The maximum Gasteiger partial charge on any atom is 0.326 e. The van der Waals surface area contributed by atoms with Gasteiger partial charge in [0.1, 0.15) is 11.7 Å². The monoisotopic (exact) mass is 473 g/mol. The maximum absolute atomic E-state index is 12.4. The molecule has 0 fully saturated rings. The molecule has 8 N–H and O–H groups in total. The second kappa shape index (κ2) is 10.3. The number of fused-ring (bicyclic) bond motifs is 1. The molecule has 2 amide bonds. The number of carboxylic acids is 2. The first-order valence-corrected chi connectivity index (χ1v) is 10.2. The lowest BCUT2D eigenvalue weighted by Crippen LogP contribution is -2.45. The minimum Gasteiger partial charge on any atom is -0.481 e. The van der Waals surface area contributed by atoms with E-state index in [0.29, 0.717) is 24.5 Å². The van der Waals surface area contributed by atoms with Gasteiger partial charge in [-0.25, -0.2) is 4.79 Å². The van der Waals surface area contributed by atoms with Crippen LogP contribution in [0, 0.1) is 0 Å². The van der Waals surface area contributed by atoms with Crippen molar-refractivity contribution in [1.82, 2.24) is 15.3 Å². The number of aromatic amines is 1. The Kier molecular flexibility index (Phi) is 7.30. The number of H-pyrrole nitrogens is 1. The molecule has 1 aromatic carbocycles. The number of hydrogen-bond acceptors (Lipinski definition) is 9. The summed E-state index contributed by atoms with van der Waals surface area (Å²) in [4.78, 5) is 65.9. The smallest absolute Gasteiger partial charge is 0.326 e. The zero-order valence-corrected chi connectivity index (χ0v) is 17.8. The average molecular weight is 473 g/mol. The molecule has 0 radical (unpaired) electrons. The van der Waals surface area contributed by atoms with Gasteiger partial charge in [0, 0.05) is 30.8 Å². The number of nitrogens with zero attached hydrogens (tertiary/aromatic N) is 2. The summed E-state index contributed by atoms with van der Waals surface area (Å²) in [7, 11) is 0. The van der Waals surface area contributed by atoms with Gasteiger partial charge in [0.25, 0.3) is 11.5 Å². The van der Waals surface area contributed by atoms with Gasteiger partial charge in [-0.2, -0.15) is 4.98 Å². The second-order valence-electron chi connectivity index (χ2n) is 7.50. The van der Waals surface area contributed by atoms with E-state index in [-0.39, 0.29) is 36.2 Å². The van der Waals surface area contributed by atoms with Crippen LogP contribution < -0.4 is 32.1 Å². The van der Waals surface area contributed by atoms with Gasteiger partial charge in [-0.05, 0) is 30.7 Å². The Balaban J connectivity index is 1.65. The maximum atomic E-state index is 12.4. The molecule has 1 aliphatic rings. The van der Waals surface area contributed by atoms with Crippen LogP contribution in [0.4, 0.5) is 23.1 Å². The van der Waals surface area contributed by atoms with Crippen LogP contribution in [-0.4, -0.2) is 69.6 Å². The Morgan fingerprint density at radius 1 is 1.26 bits per heavy atom. The summed E-state index contributed by atoms with van der Waals surface area (Å²) in [6, 6.07) is 4.16. The topological polar surface area (TPSA) is 220 Å². The Hall–Kier alpha value is -4.62. The third-order valence-corrected chi connectivity index (χ3v) is 5.06. The van der Waals surface area contributed by atoms with Crippen LogP contribution in [0.2, 0.25) is 0 Å². The Morgan fingerprint density at radius 2 is 1.97 bits per heavy atom. The lowest BCUT2D eigenvalue weighted by Gasteiger charge is -2.30. The highest BCUT2D eigenvalue weighted by Gasteiger charge is 2.24. The minimum absolute atomic E-state index is 0.0216. The van der Waals surface area contributed by atoms with E-state index in [4.69, 9.17) is 10.8 Å². The van der Waals surface area contributed by atoms with Crippen molar-refractivity contribution in [1.29, 1.82) is 0 Å². The zero-order chi connectivity index (χ0) is 24.8. The average Bonchev–Trinajstić information content (AvgIpc) is 2.80. The molecule has 1 aromatic heterocycles. The number of hydrogen-bond donors (Lipinski definition) is 7. The van der Waals surface area contributed by atoms with E-state index in [0.717, 1.165) is 0 Å². The van der Waals surface area contributed by atoms with Crippen molar-refractivity contribution >= 4 is 47.4 Å². The number of carbonyl (C=O) groups is 4. The van der Waals surface area contributed by atoms with Crippen LogP contribution in [0.3, 0.4) is 0 Å². The van der Waals surface area contributed by atoms with Gasteiger partial charge >= 0.3 is 11.9 Å². The molecule has 0 spiro atoms. The third kappa shape index (κ3) is 5.79. The number of anilines is 4. The van der Waals surface area contributed by atoms with Crippen molar-refractivity contribution in [3.8, 4) is 0 Å². The number of carbonyl (C=O) groups excluding carboxylic acids is 2. The normalized spacial score (nSPS) is 15.1. The fourth-order valence-corrected chi connectivity index (χ4v) is 3.36. The summed E-state index contributed by atoms with van der Waals surface area (Å²) in [5, 5.41) is 26.2. The quantitative estimate of drug-likeness (QED) is 0.213. The predicted molar refractivity (Wildman–Crippen MR) is 121 cm³/mol. The number of amides is 2. The van der Waals surface area contributed by atoms with Crippen LogP contribution in [0.15, 0.2) is 29.1 Å². The first-order valence-electron chi connectivity index (χ1n) is 10.2. The van der Waals surface area contributed by atoms with E-state index < -0.39 is 35.9 Å². The molecule has 0 saturated carbocycles. The molecule has 180 valence electrons. The number of nitrogens with one attached hydrogen (secondary N) is 4. The summed E-state index contributed by atoms with van der Waals surface area (Å²) >= 11 is 0. The van der Waals surface area contributed by atoms with E-state index >= 15 is 0 Å². The van der Waals surface area contributed by atoms with Gasteiger partial charge in [0.05, 0.1) is 6.04 Å². The number of nitrogen functional groups attached to an aromatic ring is 1. The minimum atomic E-state index is -1.35. The SMILES string of the molecule is Nc1nc2c(c(=O)[nH]1)N[C@H](CN(C=O)c1ccc(C(=O)NC(CCC(=O)O)C(=O)O)cc1)CN2. The van der Waals surface area contributed by atoms with Crippen LogP contribution in [0.25, 0.3) is 0 Å². The number of carboxylic acid groups (broad SMARTS) is 2. The molecule has 2 heterocycles. The van der Waals surface area contributed by atoms with E-state index in [9.17, 15) is 29.1 Å². The third-order valence-electron chi connectivity index (χ3n) is 5.06. The highest BCUT2D eigenvalue weighted by atomic mass is 16.4. The first kappa shape index (κ1) is 24.0. The van der Waals surface area contributed by atoms with Gasteiger partial charge in [0.2, 0.25) is 12.4 Å². The van der Waals surface area contributed by atoms with Crippen molar-refractivity contribution in [3.63, 3.8) is 0 Å². The molecule has 14 heteroatoms. The molecular weight excluding hydrogens is 450 g/mol. The van der Waals surface area contributed by atoms with E-state index in [2.05, 4.69) is 25.9 Å². The molecule has 0 aliphatic carbocycles. The van der Waals surface area contributed by atoms with Gasteiger partial charge in [0.15, 0.2) is 5.82 Å². The number of aromatic nitrogens is 2. The molecule has 0 saturated heterocycles. The second-order valence-corrected chi connectivity index (χ2v) is 7.50. The van der Waals surface area contributed by atoms with E-state index in [1.165, 1.54) is 29.2 Å². The predicted octanol–water partition coefficient (Wildman–Crippen LogP) is -0.731. The van der Waals surface area contributed by atoms with Gasteiger partial charge in [-0.3, -0.25) is 24.2 Å². The molecule has 1 unspecified atom stereocenters. The number of nitrogens with two attached hydrogens (primary N) is 1. The molecule has 3 rings (SSSR count). The largest absolute Gasteiger partial charge is 0.481 e. The molecule has 14 nitrogen and oxygen atoms in total. The highest BCUT2D eigenvalue weighted by molar-refractivity contribution is 5.97. The molecule has 0 bridgehead atoms. The lowest BCUT2D eigenvalue weighted by atomic mass is 10.1. The van der Waals surface area contributed by atoms with Crippen molar-refractivity contribution in [2.24, 2.45) is 0 Å². The van der Waals surface area contributed by atoms with Gasteiger partial charge < -0.3 is 36.8 Å². The van der Waals surface area contributed by atoms with E-state index in [1.807, 2.05) is 0 Å². The summed E-state index contributed by atoms with van der Waals surface area (Å²) in [5.41, 5.74) is 5.89.